The van der Waals surface area contributed by atoms with Crippen molar-refractivity contribution in [3.8, 4) is 22.5 Å². The number of esters is 1. The minimum absolute atomic E-state index is 0.128. The number of thiophene rings is 2. The Labute approximate surface area is 226 Å². The van der Waals surface area contributed by atoms with E-state index in [9.17, 15) is 9.59 Å². The van der Waals surface area contributed by atoms with Crippen LogP contribution in [0.3, 0.4) is 0 Å². The van der Waals surface area contributed by atoms with E-state index in [0.717, 1.165) is 27.9 Å². The molecule has 3 heterocycles. The third-order valence-electron chi connectivity index (χ3n) is 5.70. The molecule has 0 aliphatic heterocycles. The molecule has 5 rings (SSSR count). The molecule has 2 aromatic carbocycles. The lowest BCUT2D eigenvalue weighted by atomic mass is 10.0. The van der Waals surface area contributed by atoms with Crippen molar-refractivity contribution in [3.63, 3.8) is 0 Å². The Morgan fingerprint density at radius 3 is 2.51 bits per heavy atom. The Morgan fingerprint density at radius 1 is 0.973 bits per heavy atom. The molecule has 37 heavy (non-hydrogen) atoms. The maximum atomic E-state index is 12.9. The van der Waals surface area contributed by atoms with Crippen LogP contribution in [-0.2, 0) is 16.1 Å². The van der Waals surface area contributed by atoms with Gasteiger partial charge in [-0.25, -0.2) is 4.79 Å². The van der Waals surface area contributed by atoms with Crippen molar-refractivity contribution in [2.24, 2.45) is 0 Å². The van der Waals surface area contributed by atoms with Crippen LogP contribution in [0.1, 0.15) is 24.2 Å². The normalized spacial score (nSPS) is 11.1. The van der Waals surface area contributed by atoms with Crippen LogP contribution in [0.15, 0.2) is 70.5 Å². The van der Waals surface area contributed by atoms with Crippen LogP contribution in [0, 0.1) is 0 Å². The monoisotopic (exact) mass is 548 g/mol. The van der Waals surface area contributed by atoms with Gasteiger partial charge < -0.3 is 14.6 Å². The second-order valence-electron chi connectivity index (χ2n) is 7.97. The van der Waals surface area contributed by atoms with Crippen LogP contribution in [0.2, 0.25) is 0 Å². The maximum Gasteiger partial charge on any atom is 0.341 e. The number of amides is 1. The fourth-order valence-corrected chi connectivity index (χ4v) is 6.72. The number of aromatic nitrogens is 3. The number of carbonyl (C=O) groups excluding carboxylic acids is 2. The van der Waals surface area contributed by atoms with Crippen molar-refractivity contribution in [1.82, 2.24) is 14.8 Å². The predicted octanol–water partition coefficient (Wildman–Crippen LogP) is 6.82. The van der Waals surface area contributed by atoms with Gasteiger partial charge in [0.25, 0.3) is 0 Å². The highest BCUT2D eigenvalue weighted by atomic mass is 32.2. The molecule has 0 unspecified atom stereocenters. The molecular formula is C27H24N4O3S3. The molecule has 0 saturated heterocycles. The molecule has 0 aliphatic carbocycles. The summed E-state index contributed by atoms with van der Waals surface area (Å²) in [5.74, 6) is 0.232. The third kappa shape index (κ3) is 5.18. The highest BCUT2D eigenvalue weighted by Crippen LogP contribution is 2.37. The van der Waals surface area contributed by atoms with E-state index in [1.165, 1.54) is 27.8 Å². The lowest BCUT2D eigenvalue weighted by Crippen LogP contribution is -2.16. The van der Waals surface area contributed by atoms with Gasteiger partial charge in [-0.1, -0.05) is 60.3 Å². The molecule has 0 spiro atoms. The summed E-state index contributed by atoms with van der Waals surface area (Å²) >= 11 is 4.31. The van der Waals surface area contributed by atoms with Crippen molar-refractivity contribution < 1.29 is 14.3 Å². The molecule has 7 nitrogen and oxygen atoms in total. The van der Waals surface area contributed by atoms with E-state index in [4.69, 9.17) is 4.74 Å². The Hall–Kier alpha value is -3.47. The summed E-state index contributed by atoms with van der Waals surface area (Å²) in [6.45, 7) is 4.72. The second kappa shape index (κ2) is 11.3. The molecule has 1 N–H and O–H groups in total. The first-order valence-corrected chi connectivity index (χ1v) is 14.5. The molecule has 0 bridgehead atoms. The van der Waals surface area contributed by atoms with Gasteiger partial charge in [0.1, 0.15) is 10.6 Å². The van der Waals surface area contributed by atoms with E-state index >= 15 is 0 Å². The zero-order chi connectivity index (χ0) is 25.8. The minimum Gasteiger partial charge on any atom is -0.462 e. The number of benzene rings is 2. The first kappa shape index (κ1) is 25.2. The lowest BCUT2D eigenvalue weighted by Gasteiger charge is -2.09. The van der Waals surface area contributed by atoms with Crippen molar-refractivity contribution in [2.75, 3.05) is 17.7 Å². The molecule has 5 aromatic rings. The number of rotatable bonds is 9. The number of hydrogen-bond acceptors (Lipinski definition) is 8. The quantitative estimate of drug-likeness (QED) is 0.161. The van der Waals surface area contributed by atoms with Crippen molar-refractivity contribution in [2.45, 2.75) is 25.5 Å². The molecule has 188 valence electrons. The summed E-state index contributed by atoms with van der Waals surface area (Å²) in [7, 11) is 0. The van der Waals surface area contributed by atoms with Crippen LogP contribution in [0.4, 0.5) is 5.00 Å². The Kier molecular flexibility index (Phi) is 7.68. The molecule has 3 aromatic heterocycles. The summed E-state index contributed by atoms with van der Waals surface area (Å²) in [5.41, 5.74) is 3.05. The average molecular weight is 549 g/mol. The summed E-state index contributed by atoms with van der Waals surface area (Å²) in [4.78, 5) is 25.7. The SMILES string of the molecule is CCOC(=O)c1c(-c2ccccc2)csc1NC(=O)CSc1nnc(-c2csc3ccccc23)n1CC. The molecule has 0 atom stereocenters. The van der Waals surface area contributed by atoms with Crippen molar-refractivity contribution in [3.05, 3.63) is 70.9 Å². The largest absolute Gasteiger partial charge is 0.462 e. The molecule has 0 radical (unpaired) electrons. The summed E-state index contributed by atoms with van der Waals surface area (Å²) in [5, 5.41) is 18.0. The Morgan fingerprint density at radius 2 is 1.73 bits per heavy atom. The third-order valence-corrected chi connectivity index (χ3v) is 8.52. The van der Waals surface area contributed by atoms with Gasteiger partial charge in [0.05, 0.1) is 12.4 Å². The van der Waals surface area contributed by atoms with E-state index in [-0.39, 0.29) is 18.3 Å². The number of carbonyl (C=O) groups is 2. The predicted molar refractivity (Wildman–Crippen MR) is 152 cm³/mol. The average Bonchev–Trinajstić information content (AvgIpc) is 3.64. The van der Waals surface area contributed by atoms with E-state index in [2.05, 4.69) is 33.0 Å². The van der Waals surface area contributed by atoms with Crippen LogP contribution in [0.25, 0.3) is 32.6 Å². The number of fused-ring (bicyclic) bond motifs is 1. The number of hydrogen-bond donors (Lipinski definition) is 1. The van der Waals surface area contributed by atoms with Gasteiger partial charge in [-0.05, 0) is 25.5 Å². The van der Waals surface area contributed by atoms with Gasteiger partial charge in [0.15, 0.2) is 11.0 Å². The zero-order valence-electron chi connectivity index (χ0n) is 20.3. The first-order valence-electron chi connectivity index (χ1n) is 11.8. The zero-order valence-corrected chi connectivity index (χ0v) is 22.7. The van der Waals surface area contributed by atoms with Gasteiger partial charge in [0, 0.05) is 38.5 Å². The van der Waals surface area contributed by atoms with E-state index in [1.54, 1.807) is 18.3 Å². The van der Waals surface area contributed by atoms with Crippen molar-refractivity contribution >= 4 is 61.4 Å². The molecular weight excluding hydrogens is 525 g/mol. The molecule has 10 heteroatoms. The van der Waals surface area contributed by atoms with Gasteiger partial charge in [0.2, 0.25) is 5.91 Å². The summed E-state index contributed by atoms with van der Waals surface area (Å²) < 4.78 is 8.51. The number of nitrogens with one attached hydrogen (secondary N) is 1. The standard InChI is InChI=1S/C27H24N4O3S3/c1-3-31-24(20-15-35-21-13-9-8-12-18(20)21)29-30-27(31)37-16-22(32)28-25-23(26(33)34-4-2)19(14-36-25)17-10-6-5-7-11-17/h5-15H,3-4,16H2,1-2H3,(H,28,32). The van der Waals surface area contributed by atoms with Crippen LogP contribution >= 0.6 is 34.4 Å². The minimum atomic E-state index is -0.455. The van der Waals surface area contributed by atoms with Crippen LogP contribution in [-0.4, -0.2) is 39.0 Å². The Bertz CT molecular complexity index is 1560. The number of ether oxygens (including phenoxy) is 1. The highest BCUT2D eigenvalue weighted by Gasteiger charge is 2.23. The van der Waals surface area contributed by atoms with E-state index < -0.39 is 5.97 Å². The van der Waals surface area contributed by atoms with Crippen molar-refractivity contribution in [1.29, 1.82) is 0 Å². The van der Waals surface area contributed by atoms with Crippen LogP contribution in [0.5, 0.6) is 0 Å². The fraction of sp³-hybridized carbons (Fsp3) is 0.185. The van der Waals surface area contributed by atoms with E-state index in [1.807, 2.05) is 59.3 Å². The summed E-state index contributed by atoms with van der Waals surface area (Å²) in [6, 6.07) is 17.8. The number of nitrogens with zero attached hydrogens (tertiary/aromatic N) is 3. The lowest BCUT2D eigenvalue weighted by molar-refractivity contribution is -0.113. The number of anilines is 1. The Balaban J connectivity index is 1.34. The van der Waals surface area contributed by atoms with Gasteiger partial charge >= 0.3 is 5.97 Å². The second-order valence-corrected chi connectivity index (χ2v) is 10.7. The van der Waals surface area contributed by atoms with Gasteiger partial charge in [-0.3, -0.25) is 4.79 Å². The topological polar surface area (TPSA) is 86.1 Å². The summed E-state index contributed by atoms with van der Waals surface area (Å²) in [6.07, 6.45) is 0. The van der Waals surface area contributed by atoms with Crippen LogP contribution < -0.4 is 5.32 Å². The highest BCUT2D eigenvalue weighted by molar-refractivity contribution is 7.99. The molecule has 0 fully saturated rings. The molecule has 1 amide bonds. The number of thioether (sulfide) groups is 1. The maximum absolute atomic E-state index is 12.9. The van der Waals surface area contributed by atoms with Gasteiger partial charge in [-0.15, -0.1) is 32.9 Å². The first-order chi connectivity index (χ1) is 18.1. The fourth-order valence-electron chi connectivity index (χ4n) is 4.01. The van der Waals surface area contributed by atoms with E-state index in [0.29, 0.717) is 22.3 Å². The van der Waals surface area contributed by atoms with Gasteiger partial charge in [-0.2, -0.15) is 0 Å². The molecule has 0 aliphatic rings. The smallest absolute Gasteiger partial charge is 0.341 e. The molecule has 0 saturated carbocycles.